The average Bonchev–Trinajstić information content (AvgIpc) is 2.64. The minimum absolute atomic E-state index is 0.178. The number of amides is 1. The lowest BCUT2D eigenvalue weighted by Crippen LogP contribution is -2.17. The van der Waals surface area contributed by atoms with Gasteiger partial charge in [-0.1, -0.05) is 60.7 Å². The maximum Gasteiger partial charge on any atom is 0.228 e. The number of benzene rings is 3. The molecule has 3 aromatic carbocycles. The van der Waals surface area contributed by atoms with Crippen molar-refractivity contribution in [3.8, 4) is 0 Å². The standard InChI is InChI=1S/C21H18N2O2/c22-17-11-12-19(23-20(24)13-15-7-3-1-4-8-15)18(14-17)21(25)16-9-5-2-6-10-16/h1-12,14H,13,22H2,(H,23,24). The smallest absolute Gasteiger partial charge is 0.228 e. The van der Waals surface area contributed by atoms with Gasteiger partial charge in [-0.3, -0.25) is 9.59 Å². The number of carbonyl (C=O) groups excluding carboxylic acids is 2. The molecule has 0 aromatic heterocycles. The minimum atomic E-state index is -0.182. The second kappa shape index (κ2) is 7.45. The zero-order chi connectivity index (χ0) is 17.6. The van der Waals surface area contributed by atoms with Crippen LogP contribution in [0.4, 0.5) is 11.4 Å². The van der Waals surface area contributed by atoms with Gasteiger partial charge in [0.15, 0.2) is 5.78 Å². The summed E-state index contributed by atoms with van der Waals surface area (Å²) in [7, 11) is 0. The maximum atomic E-state index is 12.8. The number of anilines is 2. The van der Waals surface area contributed by atoms with Crippen LogP contribution >= 0.6 is 0 Å². The SMILES string of the molecule is Nc1ccc(NC(=O)Cc2ccccc2)c(C(=O)c2ccccc2)c1. The molecular weight excluding hydrogens is 312 g/mol. The molecule has 3 aromatic rings. The van der Waals surface area contributed by atoms with Gasteiger partial charge in [-0.15, -0.1) is 0 Å². The summed E-state index contributed by atoms with van der Waals surface area (Å²) in [4.78, 5) is 25.1. The molecule has 25 heavy (non-hydrogen) atoms. The lowest BCUT2D eigenvalue weighted by molar-refractivity contribution is -0.115. The van der Waals surface area contributed by atoms with Crippen LogP contribution in [0.5, 0.6) is 0 Å². The maximum absolute atomic E-state index is 12.8. The van der Waals surface area contributed by atoms with Gasteiger partial charge in [-0.2, -0.15) is 0 Å². The molecule has 0 spiro atoms. The fourth-order valence-electron chi connectivity index (χ4n) is 2.58. The molecule has 0 saturated carbocycles. The molecule has 0 saturated heterocycles. The van der Waals surface area contributed by atoms with E-state index >= 15 is 0 Å². The minimum Gasteiger partial charge on any atom is -0.399 e. The summed E-state index contributed by atoms with van der Waals surface area (Å²) in [6.07, 6.45) is 0.240. The van der Waals surface area contributed by atoms with E-state index in [9.17, 15) is 9.59 Å². The van der Waals surface area contributed by atoms with Crippen molar-refractivity contribution < 1.29 is 9.59 Å². The van der Waals surface area contributed by atoms with Crippen molar-refractivity contribution in [2.45, 2.75) is 6.42 Å². The van der Waals surface area contributed by atoms with E-state index in [2.05, 4.69) is 5.32 Å². The first-order valence-corrected chi connectivity index (χ1v) is 7.96. The Morgan fingerprint density at radius 3 is 2.16 bits per heavy atom. The molecule has 0 bridgehead atoms. The van der Waals surface area contributed by atoms with Crippen molar-refractivity contribution in [2.24, 2.45) is 0 Å². The number of nitrogen functional groups attached to an aromatic ring is 1. The molecule has 0 atom stereocenters. The van der Waals surface area contributed by atoms with Crippen molar-refractivity contribution in [3.63, 3.8) is 0 Å². The summed E-state index contributed by atoms with van der Waals surface area (Å²) in [5.74, 6) is -0.360. The van der Waals surface area contributed by atoms with Gasteiger partial charge in [0, 0.05) is 16.8 Å². The third-order valence-corrected chi connectivity index (χ3v) is 3.81. The number of hydrogen-bond donors (Lipinski definition) is 2. The Kier molecular flexibility index (Phi) is 4.90. The van der Waals surface area contributed by atoms with Crippen LogP contribution in [0.25, 0.3) is 0 Å². The van der Waals surface area contributed by atoms with Crippen LogP contribution in [-0.2, 0) is 11.2 Å². The Hall–Kier alpha value is -3.40. The van der Waals surface area contributed by atoms with Crippen molar-refractivity contribution in [1.82, 2.24) is 0 Å². The summed E-state index contributed by atoms with van der Waals surface area (Å²) < 4.78 is 0. The Morgan fingerprint density at radius 1 is 0.840 bits per heavy atom. The molecule has 3 N–H and O–H groups in total. The van der Waals surface area contributed by atoms with Crippen molar-refractivity contribution in [2.75, 3.05) is 11.1 Å². The molecule has 124 valence electrons. The molecule has 0 fully saturated rings. The third-order valence-electron chi connectivity index (χ3n) is 3.81. The Labute approximate surface area is 146 Å². The van der Waals surface area contributed by atoms with Gasteiger partial charge in [-0.25, -0.2) is 0 Å². The largest absolute Gasteiger partial charge is 0.399 e. The first-order chi connectivity index (χ1) is 12.1. The van der Waals surface area contributed by atoms with E-state index in [1.807, 2.05) is 36.4 Å². The number of nitrogens with two attached hydrogens (primary N) is 1. The van der Waals surface area contributed by atoms with Crippen LogP contribution in [0.15, 0.2) is 78.9 Å². The van der Waals surface area contributed by atoms with E-state index in [-0.39, 0.29) is 18.1 Å². The number of hydrogen-bond acceptors (Lipinski definition) is 3. The lowest BCUT2D eigenvalue weighted by Gasteiger charge is -2.12. The van der Waals surface area contributed by atoms with Crippen LogP contribution in [0.2, 0.25) is 0 Å². The lowest BCUT2D eigenvalue weighted by atomic mass is 10.0. The molecule has 1 amide bonds. The first kappa shape index (κ1) is 16.5. The van der Waals surface area contributed by atoms with Crippen molar-refractivity contribution >= 4 is 23.1 Å². The Bertz CT molecular complexity index is 890. The molecule has 0 unspecified atom stereocenters. The topological polar surface area (TPSA) is 72.2 Å². The molecule has 0 aliphatic rings. The van der Waals surface area contributed by atoms with E-state index in [1.54, 1.807) is 42.5 Å². The van der Waals surface area contributed by atoms with Gasteiger partial charge in [0.1, 0.15) is 0 Å². The fourth-order valence-corrected chi connectivity index (χ4v) is 2.58. The van der Waals surface area contributed by atoms with Crippen molar-refractivity contribution in [3.05, 3.63) is 95.6 Å². The highest BCUT2D eigenvalue weighted by molar-refractivity contribution is 6.14. The monoisotopic (exact) mass is 330 g/mol. The second-order valence-corrected chi connectivity index (χ2v) is 5.71. The highest BCUT2D eigenvalue weighted by Crippen LogP contribution is 2.22. The first-order valence-electron chi connectivity index (χ1n) is 7.96. The van der Waals surface area contributed by atoms with Gasteiger partial charge in [0.05, 0.1) is 12.1 Å². The predicted molar refractivity (Wildman–Crippen MR) is 99.5 cm³/mol. The number of ketones is 1. The van der Waals surface area contributed by atoms with E-state index in [0.717, 1.165) is 5.56 Å². The van der Waals surface area contributed by atoms with Gasteiger partial charge >= 0.3 is 0 Å². The number of nitrogens with one attached hydrogen (secondary N) is 1. The number of rotatable bonds is 5. The third kappa shape index (κ3) is 4.12. The summed E-state index contributed by atoms with van der Waals surface area (Å²) in [6, 6.07) is 23.3. The highest BCUT2D eigenvalue weighted by Gasteiger charge is 2.16. The van der Waals surface area contributed by atoms with Crippen LogP contribution in [0.3, 0.4) is 0 Å². The molecule has 0 radical (unpaired) electrons. The highest BCUT2D eigenvalue weighted by atomic mass is 16.1. The Morgan fingerprint density at radius 2 is 1.48 bits per heavy atom. The predicted octanol–water partition coefficient (Wildman–Crippen LogP) is 3.68. The van der Waals surface area contributed by atoms with Gasteiger partial charge in [0.25, 0.3) is 0 Å². The average molecular weight is 330 g/mol. The Balaban J connectivity index is 1.84. The summed E-state index contributed by atoms with van der Waals surface area (Å²) in [5.41, 5.74) is 8.61. The molecule has 4 nitrogen and oxygen atoms in total. The van der Waals surface area contributed by atoms with Crippen LogP contribution in [0.1, 0.15) is 21.5 Å². The second-order valence-electron chi connectivity index (χ2n) is 5.71. The molecule has 0 aliphatic carbocycles. The van der Waals surface area contributed by atoms with Crippen molar-refractivity contribution in [1.29, 1.82) is 0 Å². The van der Waals surface area contributed by atoms with E-state index in [4.69, 9.17) is 5.73 Å². The number of carbonyl (C=O) groups is 2. The van der Waals surface area contributed by atoms with E-state index < -0.39 is 0 Å². The van der Waals surface area contributed by atoms with Crippen LogP contribution < -0.4 is 11.1 Å². The van der Waals surface area contributed by atoms with E-state index in [0.29, 0.717) is 22.5 Å². The van der Waals surface area contributed by atoms with E-state index in [1.165, 1.54) is 0 Å². The summed E-state index contributed by atoms with van der Waals surface area (Å²) in [5, 5.41) is 2.82. The zero-order valence-electron chi connectivity index (χ0n) is 13.6. The van der Waals surface area contributed by atoms with Crippen LogP contribution in [0, 0.1) is 0 Å². The van der Waals surface area contributed by atoms with Gasteiger partial charge in [-0.05, 0) is 23.8 Å². The molecule has 0 heterocycles. The van der Waals surface area contributed by atoms with Gasteiger partial charge < -0.3 is 11.1 Å². The normalized spacial score (nSPS) is 10.2. The molecule has 3 rings (SSSR count). The summed E-state index contributed by atoms with van der Waals surface area (Å²) in [6.45, 7) is 0. The molecule has 4 heteroatoms. The summed E-state index contributed by atoms with van der Waals surface area (Å²) >= 11 is 0. The molecule has 0 aliphatic heterocycles. The fraction of sp³-hybridized carbons (Fsp3) is 0.0476. The quantitative estimate of drug-likeness (QED) is 0.554. The molecular formula is C21H18N2O2. The van der Waals surface area contributed by atoms with Crippen LogP contribution in [-0.4, -0.2) is 11.7 Å². The zero-order valence-corrected chi connectivity index (χ0v) is 13.6. The van der Waals surface area contributed by atoms with Gasteiger partial charge in [0.2, 0.25) is 5.91 Å².